The molecule has 3 rings (SSSR count). The maximum atomic E-state index is 5.62. The average Bonchev–Trinajstić information content (AvgIpc) is 2.96. The minimum Gasteiger partial charge on any atom is -0.470 e. The third kappa shape index (κ3) is 2.85. The summed E-state index contributed by atoms with van der Waals surface area (Å²) in [6.45, 7) is 2.49. The molecule has 2 aromatic heterocycles. The van der Waals surface area contributed by atoms with Crippen molar-refractivity contribution in [3.05, 3.63) is 72.4 Å². The summed E-state index contributed by atoms with van der Waals surface area (Å²) in [5.74, 6) is 0.594. The molecule has 0 aliphatic carbocycles. The molecular weight excluding hydrogens is 250 g/mol. The average molecular weight is 265 g/mol. The number of pyridine rings is 1. The monoisotopic (exact) mass is 265 g/mol. The molecule has 0 saturated carbocycles. The molecule has 0 fully saturated rings. The van der Waals surface area contributed by atoms with Crippen LogP contribution in [0.1, 0.15) is 11.3 Å². The molecule has 0 atom stereocenters. The minimum absolute atomic E-state index is 0.422. The van der Waals surface area contributed by atoms with Gasteiger partial charge in [0.25, 0.3) is 0 Å². The predicted molar refractivity (Wildman–Crippen MR) is 76.9 cm³/mol. The molecule has 1 aromatic carbocycles. The number of ether oxygens (including phenoxy) is 1. The first-order valence-corrected chi connectivity index (χ1v) is 6.45. The lowest BCUT2D eigenvalue weighted by atomic mass is 10.2. The number of rotatable bonds is 4. The zero-order valence-corrected chi connectivity index (χ0v) is 11.2. The fourth-order valence-electron chi connectivity index (χ4n) is 1.87. The molecule has 3 aromatic rings. The number of aryl methyl sites for hydroxylation is 1. The highest BCUT2D eigenvalue weighted by molar-refractivity contribution is 5.35. The van der Waals surface area contributed by atoms with Crippen LogP contribution in [0.15, 0.2) is 61.2 Å². The van der Waals surface area contributed by atoms with Crippen LogP contribution >= 0.6 is 0 Å². The Morgan fingerprint density at radius 3 is 2.65 bits per heavy atom. The first-order chi connectivity index (χ1) is 9.81. The molecule has 0 aliphatic rings. The van der Waals surface area contributed by atoms with Crippen LogP contribution in [0.3, 0.4) is 0 Å². The van der Waals surface area contributed by atoms with Gasteiger partial charge in [0.1, 0.15) is 12.9 Å². The molecule has 4 heteroatoms. The number of nitrogens with zero attached hydrogens (tertiary/aromatic N) is 3. The number of aromatic nitrogens is 3. The molecule has 0 aliphatic heterocycles. The largest absolute Gasteiger partial charge is 0.470 e. The summed E-state index contributed by atoms with van der Waals surface area (Å²) in [5, 5.41) is 0. The van der Waals surface area contributed by atoms with E-state index >= 15 is 0 Å². The molecule has 0 saturated heterocycles. The van der Waals surface area contributed by atoms with Crippen LogP contribution in [0.4, 0.5) is 0 Å². The standard InChI is InChI=1S/C16H15N3O/c1-13-5-7-15(8-6-13)19-10-16(18-12-19)20-11-14-4-2-3-9-17-14/h2-10,12H,11H2,1H3. The van der Waals surface area contributed by atoms with E-state index in [-0.39, 0.29) is 0 Å². The third-order valence-corrected chi connectivity index (χ3v) is 2.99. The van der Waals surface area contributed by atoms with Gasteiger partial charge in [0, 0.05) is 11.9 Å². The molecule has 0 amide bonds. The highest BCUT2D eigenvalue weighted by Gasteiger charge is 2.02. The Hall–Kier alpha value is -2.62. The van der Waals surface area contributed by atoms with Gasteiger partial charge < -0.3 is 9.30 Å². The number of imidazole rings is 1. The van der Waals surface area contributed by atoms with Gasteiger partial charge in [-0.05, 0) is 31.2 Å². The Morgan fingerprint density at radius 1 is 1.05 bits per heavy atom. The van der Waals surface area contributed by atoms with E-state index in [9.17, 15) is 0 Å². The van der Waals surface area contributed by atoms with Crippen molar-refractivity contribution in [2.24, 2.45) is 0 Å². The van der Waals surface area contributed by atoms with Crippen molar-refractivity contribution in [1.82, 2.24) is 14.5 Å². The molecule has 0 bridgehead atoms. The zero-order valence-electron chi connectivity index (χ0n) is 11.2. The number of benzene rings is 1. The van der Waals surface area contributed by atoms with Crippen LogP contribution in [0, 0.1) is 6.92 Å². The van der Waals surface area contributed by atoms with Gasteiger partial charge in [-0.15, -0.1) is 0 Å². The van der Waals surface area contributed by atoms with Gasteiger partial charge in [0.2, 0.25) is 5.88 Å². The van der Waals surface area contributed by atoms with Crippen molar-refractivity contribution >= 4 is 0 Å². The molecule has 100 valence electrons. The normalized spacial score (nSPS) is 10.4. The van der Waals surface area contributed by atoms with Crippen molar-refractivity contribution < 1.29 is 4.74 Å². The summed E-state index contributed by atoms with van der Waals surface area (Å²) in [6.07, 6.45) is 5.37. The van der Waals surface area contributed by atoms with Gasteiger partial charge in [-0.1, -0.05) is 23.8 Å². The fourth-order valence-corrected chi connectivity index (χ4v) is 1.87. The van der Waals surface area contributed by atoms with E-state index < -0.39 is 0 Å². The van der Waals surface area contributed by atoms with Crippen LogP contribution < -0.4 is 4.74 Å². The van der Waals surface area contributed by atoms with Gasteiger partial charge in [-0.25, -0.2) is 4.98 Å². The topological polar surface area (TPSA) is 39.9 Å². The molecule has 0 spiro atoms. The van der Waals surface area contributed by atoms with E-state index in [4.69, 9.17) is 4.74 Å². The first kappa shape index (κ1) is 12.4. The van der Waals surface area contributed by atoms with Gasteiger partial charge in [-0.3, -0.25) is 4.98 Å². The summed E-state index contributed by atoms with van der Waals surface area (Å²) in [6, 6.07) is 14.0. The van der Waals surface area contributed by atoms with E-state index in [1.807, 2.05) is 29.0 Å². The maximum absolute atomic E-state index is 5.62. The molecular formula is C16H15N3O. The summed E-state index contributed by atoms with van der Waals surface area (Å²) in [7, 11) is 0. The number of hydrogen-bond acceptors (Lipinski definition) is 3. The highest BCUT2D eigenvalue weighted by Crippen LogP contribution is 2.14. The van der Waals surface area contributed by atoms with E-state index in [2.05, 4.69) is 41.2 Å². The number of hydrogen-bond donors (Lipinski definition) is 0. The summed E-state index contributed by atoms with van der Waals surface area (Å²) < 4.78 is 7.56. The Balaban J connectivity index is 1.69. The minimum atomic E-state index is 0.422. The van der Waals surface area contributed by atoms with Gasteiger partial charge >= 0.3 is 0 Å². The quantitative estimate of drug-likeness (QED) is 0.727. The summed E-state index contributed by atoms with van der Waals surface area (Å²) in [4.78, 5) is 8.45. The lowest BCUT2D eigenvalue weighted by Crippen LogP contribution is -1.97. The lowest BCUT2D eigenvalue weighted by molar-refractivity contribution is 0.290. The van der Waals surface area contributed by atoms with Crippen molar-refractivity contribution in [1.29, 1.82) is 0 Å². The molecule has 20 heavy (non-hydrogen) atoms. The summed E-state index contributed by atoms with van der Waals surface area (Å²) >= 11 is 0. The second-order valence-electron chi connectivity index (χ2n) is 4.56. The molecule has 4 nitrogen and oxygen atoms in total. The van der Waals surface area contributed by atoms with E-state index in [1.165, 1.54) is 5.56 Å². The van der Waals surface area contributed by atoms with Gasteiger partial charge in [0.15, 0.2) is 0 Å². The fraction of sp³-hybridized carbons (Fsp3) is 0.125. The lowest BCUT2D eigenvalue weighted by Gasteiger charge is -2.02. The second kappa shape index (κ2) is 5.57. The Kier molecular flexibility index (Phi) is 3.46. The molecule has 0 N–H and O–H groups in total. The predicted octanol–water partition coefficient (Wildman–Crippen LogP) is 3.15. The molecule has 2 heterocycles. The Morgan fingerprint density at radius 2 is 1.90 bits per heavy atom. The SMILES string of the molecule is Cc1ccc(-n2cnc(OCc3ccccn3)c2)cc1. The van der Waals surface area contributed by atoms with Gasteiger partial charge in [0.05, 0.1) is 11.9 Å². The van der Waals surface area contributed by atoms with Crippen LogP contribution in [-0.4, -0.2) is 14.5 Å². The molecule has 0 unspecified atom stereocenters. The van der Waals surface area contributed by atoms with Crippen molar-refractivity contribution in [2.75, 3.05) is 0 Å². The Labute approximate surface area is 117 Å². The van der Waals surface area contributed by atoms with Crippen molar-refractivity contribution in [3.8, 4) is 11.6 Å². The van der Waals surface area contributed by atoms with E-state index in [0.717, 1.165) is 11.4 Å². The van der Waals surface area contributed by atoms with E-state index in [0.29, 0.717) is 12.5 Å². The van der Waals surface area contributed by atoms with Crippen molar-refractivity contribution in [3.63, 3.8) is 0 Å². The second-order valence-corrected chi connectivity index (χ2v) is 4.56. The smallest absolute Gasteiger partial charge is 0.232 e. The highest BCUT2D eigenvalue weighted by atomic mass is 16.5. The third-order valence-electron chi connectivity index (χ3n) is 2.99. The van der Waals surface area contributed by atoms with E-state index in [1.54, 1.807) is 12.5 Å². The zero-order chi connectivity index (χ0) is 13.8. The van der Waals surface area contributed by atoms with Crippen LogP contribution in [0.25, 0.3) is 5.69 Å². The summed E-state index contributed by atoms with van der Waals surface area (Å²) in [5.41, 5.74) is 3.19. The van der Waals surface area contributed by atoms with Crippen LogP contribution in [0.5, 0.6) is 5.88 Å². The maximum Gasteiger partial charge on any atom is 0.232 e. The van der Waals surface area contributed by atoms with Crippen LogP contribution in [-0.2, 0) is 6.61 Å². The molecule has 0 radical (unpaired) electrons. The van der Waals surface area contributed by atoms with Crippen molar-refractivity contribution in [2.45, 2.75) is 13.5 Å². The Bertz CT molecular complexity index is 674. The first-order valence-electron chi connectivity index (χ1n) is 6.45. The van der Waals surface area contributed by atoms with Gasteiger partial charge in [-0.2, -0.15) is 0 Å². The van der Waals surface area contributed by atoms with Crippen LogP contribution in [0.2, 0.25) is 0 Å².